The van der Waals surface area contributed by atoms with E-state index in [9.17, 15) is 0 Å². The molecule has 3 N–H and O–H groups in total. The van der Waals surface area contributed by atoms with E-state index in [0.29, 0.717) is 23.0 Å². The average Bonchev–Trinajstić information content (AvgIpc) is 3.29. The second kappa shape index (κ2) is 7.01. The number of hydrogen-bond donors (Lipinski definition) is 2. The van der Waals surface area contributed by atoms with Gasteiger partial charge < -0.3 is 24.7 Å². The van der Waals surface area contributed by atoms with Gasteiger partial charge in [-0.3, -0.25) is 0 Å². The third-order valence-electron chi connectivity index (χ3n) is 3.56. The molecule has 132 valence electrons. The SMILES string of the molecule is NC(=N/N=C\c1ccc2c(c1)OCO2)N/N=C\c1ccc2c(c1)OCO2. The highest BCUT2D eigenvalue weighted by molar-refractivity contribution is 5.85. The van der Waals surface area contributed by atoms with Gasteiger partial charge in [0.1, 0.15) is 0 Å². The standard InChI is InChI=1S/C17H15N5O4/c18-17(21-19-7-11-1-3-13-15(5-11)25-9-23-13)22-20-8-12-2-4-14-16(6-12)26-10-24-14/h1-8H,9-10H2,(H3,18,21,22)/b19-7-,20-8-. The summed E-state index contributed by atoms with van der Waals surface area (Å²) in [5, 5.41) is 11.7. The second-order valence-corrected chi connectivity index (χ2v) is 5.33. The van der Waals surface area contributed by atoms with Gasteiger partial charge in [-0.25, -0.2) is 5.43 Å². The van der Waals surface area contributed by atoms with Gasteiger partial charge in [0.15, 0.2) is 23.0 Å². The van der Waals surface area contributed by atoms with Crippen LogP contribution in [0.3, 0.4) is 0 Å². The summed E-state index contributed by atoms with van der Waals surface area (Å²) in [6.07, 6.45) is 3.14. The number of nitrogens with zero attached hydrogens (tertiary/aromatic N) is 3. The van der Waals surface area contributed by atoms with Crippen molar-refractivity contribution in [2.75, 3.05) is 13.6 Å². The molecule has 0 saturated heterocycles. The first-order chi connectivity index (χ1) is 12.8. The Labute approximate surface area is 148 Å². The molecule has 4 rings (SSSR count). The summed E-state index contributed by atoms with van der Waals surface area (Å²) >= 11 is 0. The van der Waals surface area contributed by atoms with Gasteiger partial charge in [0.2, 0.25) is 19.5 Å². The zero-order chi connectivity index (χ0) is 17.8. The molecule has 9 heteroatoms. The van der Waals surface area contributed by atoms with Crippen molar-refractivity contribution in [3.05, 3.63) is 47.5 Å². The van der Waals surface area contributed by atoms with Crippen LogP contribution in [0.1, 0.15) is 11.1 Å². The first kappa shape index (κ1) is 15.8. The van der Waals surface area contributed by atoms with Gasteiger partial charge in [-0.2, -0.15) is 10.2 Å². The van der Waals surface area contributed by atoms with E-state index < -0.39 is 0 Å². The van der Waals surface area contributed by atoms with E-state index in [0.717, 1.165) is 11.1 Å². The summed E-state index contributed by atoms with van der Waals surface area (Å²) in [7, 11) is 0. The predicted molar refractivity (Wildman–Crippen MR) is 95.1 cm³/mol. The van der Waals surface area contributed by atoms with Gasteiger partial charge in [-0.15, -0.1) is 5.10 Å². The van der Waals surface area contributed by atoms with E-state index in [-0.39, 0.29) is 19.5 Å². The van der Waals surface area contributed by atoms with Gasteiger partial charge in [0.25, 0.3) is 0 Å². The van der Waals surface area contributed by atoms with E-state index in [1.807, 2.05) is 36.4 Å². The van der Waals surface area contributed by atoms with E-state index in [1.54, 1.807) is 12.4 Å². The molecule has 2 heterocycles. The monoisotopic (exact) mass is 353 g/mol. The Hall–Kier alpha value is -3.75. The van der Waals surface area contributed by atoms with Crippen LogP contribution in [0.4, 0.5) is 0 Å². The van der Waals surface area contributed by atoms with Crippen molar-refractivity contribution in [3.8, 4) is 23.0 Å². The van der Waals surface area contributed by atoms with Gasteiger partial charge >= 0.3 is 0 Å². The van der Waals surface area contributed by atoms with Crippen LogP contribution in [-0.2, 0) is 0 Å². The lowest BCUT2D eigenvalue weighted by Crippen LogP contribution is -2.26. The van der Waals surface area contributed by atoms with Crippen LogP contribution in [0.25, 0.3) is 0 Å². The lowest BCUT2D eigenvalue weighted by Gasteiger charge is -1.98. The first-order valence-corrected chi connectivity index (χ1v) is 7.73. The van der Waals surface area contributed by atoms with Crippen molar-refractivity contribution in [1.82, 2.24) is 5.43 Å². The number of hydrogen-bond acceptors (Lipinski definition) is 7. The van der Waals surface area contributed by atoms with Gasteiger partial charge in [-0.1, -0.05) is 0 Å². The fourth-order valence-corrected chi connectivity index (χ4v) is 2.34. The van der Waals surface area contributed by atoms with Crippen molar-refractivity contribution in [2.45, 2.75) is 0 Å². The minimum Gasteiger partial charge on any atom is -0.454 e. The largest absolute Gasteiger partial charge is 0.454 e. The van der Waals surface area contributed by atoms with Crippen LogP contribution in [0.15, 0.2) is 51.7 Å². The number of rotatable bonds is 4. The Kier molecular flexibility index (Phi) is 4.25. The third kappa shape index (κ3) is 3.51. The van der Waals surface area contributed by atoms with Crippen LogP contribution in [0.2, 0.25) is 0 Å². The van der Waals surface area contributed by atoms with Crippen molar-refractivity contribution >= 4 is 18.4 Å². The maximum Gasteiger partial charge on any atom is 0.234 e. The molecule has 2 aromatic rings. The van der Waals surface area contributed by atoms with E-state index in [4.69, 9.17) is 24.7 Å². The molecule has 0 atom stereocenters. The van der Waals surface area contributed by atoms with E-state index in [2.05, 4.69) is 20.7 Å². The lowest BCUT2D eigenvalue weighted by molar-refractivity contribution is 0.173. The van der Waals surface area contributed by atoms with Crippen LogP contribution >= 0.6 is 0 Å². The van der Waals surface area contributed by atoms with Crippen LogP contribution in [-0.4, -0.2) is 32.0 Å². The molecule has 0 radical (unpaired) electrons. The maximum atomic E-state index is 5.70. The van der Waals surface area contributed by atoms with Crippen LogP contribution < -0.4 is 30.1 Å². The molecule has 2 aliphatic heterocycles. The molecule has 0 spiro atoms. The lowest BCUT2D eigenvalue weighted by atomic mass is 10.2. The Morgan fingerprint density at radius 3 is 2.08 bits per heavy atom. The molecule has 0 amide bonds. The Morgan fingerprint density at radius 1 is 0.846 bits per heavy atom. The van der Waals surface area contributed by atoms with Crippen molar-refractivity contribution < 1.29 is 18.9 Å². The molecule has 0 bridgehead atoms. The number of benzene rings is 2. The topological polar surface area (TPSA) is 112 Å². The number of nitrogens with one attached hydrogen (secondary N) is 1. The van der Waals surface area contributed by atoms with Crippen LogP contribution in [0.5, 0.6) is 23.0 Å². The molecular weight excluding hydrogens is 338 g/mol. The molecule has 9 nitrogen and oxygen atoms in total. The molecule has 0 fully saturated rings. The summed E-state index contributed by atoms with van der Waals surface area (Å²) in [4.78, 5) is 0. The highest BCUT2D eigenvalue weighted by Crippen LogP contribution is 2.32. The molecule has 26 heavy (non-hydrogen) atoms. The smallest absolute Gasteiger partial charge is 0.234 e. The summed E-state index contributed by atoms with van der Waals surface area (Å²) < 4.78 is 21.1. The Morgan fingerprint density at radius 2 is 1.42 bits per heavy atom. The van der Waals surface area contributed by atoms with E-state index in [1.165, 1.54) is 0 Å². The fraction of sp³-hybridized carbons (Fsp3) is 0.118. The molecule has 0 aliphatic carbocycles. The van der Waals surface area contributed by atoms with Crippen molar-refractivity contribution in [2.24, 2.45) is 21.0 Å². The maximum absolute atomic E-state index is 5.70. The number of nitrogens with two attached hydrogens (primary N) is 1. The summed E-state index contributed by atoms with van der Waals surface area (Å²) in [5.41, 5.74) is 9.94. The number of ether oxygens (including phenoxy) is 4. The highest BCUT2D eigenvalue weighted by Gasteiger charge is 2.13. The molecular formula is C17H15N5O4. The molecule has 0 unspecified atom stereocenters. The molecule has 0 saturated carbocycles. The second-order valence-electron chi connectivity index (χ2n) is 5.33. The number of guanidine groups is 1. The molecule has 2 aromatic carbocycles. The van der Waals surface area contributed by atoms with Crippen molar-refractivity contribution in [1.29, 1.82) is 0 Å². The van der Waals surface area contributed by atoms with Crippen molar-refractivity contribution in [3.63, 3.8) is 0 Å². The minimum absolute atomic E-state index is 0.0546. The zero-order valence-electron chi connectivity index (χ0n) is 13.6. The summed E-state index contributed by atoms with van der Waals surface area (Å²) in [6, 6.07) is 10.9. The Balaban J connectivity index is 1.33. The highest BCUT2D eigenvalue weighted by atomic mass is 16.7. The minimum atomic E-state index is 0.0546. The predicted octanol–water partition coefficient (Wildman–Crippen LogP) is 1.42. The molecule has 2 aliphatic rings. The van der Waals surface area contributed by atoms with E-state index >= 15 is 0 Å². The summed E-state index contributed by atoms with van der Waals surface area (Å²) in [5.74, 6) is 2.85. The fourth-order valence-electron chi connectivity index (χ4n) is 2.34. The zero-order valence-corrected chi connectivity index (χ0v) is 13.6. The Bertz CT molecular complexity index is 910. The normalized spacial score (nSPS) is 15.2. The quantitative estimate of drug-likeness (QED) is 0.488. The third-order valence-corrected chi connectivity index (χ3v) is 3.56. The van der Waals surface area contributed by atoms with Gasteiger partial charge in [0, 0.05) is 0 Å². The van der Waals surface area contributed by atoms with Gasteiger partial charge in [-0.05, 0) is 47.5 Å². The van der Waals surface area contributed by atoms with Gasteiger partial charge in [0.05, 0.1) is 12.4 Å². The molecule has 0 aromatic heterocycles. The van der Waals surface area contributed by atoms with Crippen LogP contribution in [0, 0.1) is 0 Å². The average molecular weight is 353 g/mol. The number of hydrazone groups is 1. The number of fused-ring (bicyclic) bond motifs is 2. The summed E-state index contributed by atoms with van der Waals surface area (Å²) in [6.45, 7) is 0.460. The first-order valence-electron chi connectivity index (χ1n) is 7.73.